The molecule has 1 fully saturated rings. The number of aryl methyl sites for hydroxylation is 1. The van der Waals surface area contributed by atoms with E-state index in [1.54, 1.807) is 0 Å². The van der Waals surface area contributed by atoms with Gasteiger partial charge in [0.15, 0.2) is 0 Å². The van der Waals surface area contributed by atoms with Crippen LogP contribution in [-0.2, 0) is 0 Å². The molecular formula is C17H27NO. The van der Waals surface area contributed by atoms with Gasteiger partial charge in [-0.25, -0.2) is 0 Å². The van der Waals surface area contributed by atoms with Crippen molar-refractivity contribution in [1.29, 1.82) is 0 Å². The van der Waals surface area contributed by atoms with Crippen molar-refractivity contribution < 1.29 is 4.74 Å². The Balaban J connectivity index is 2.13. The van der Waals surface area contributed by atoms with Crippen LogP contribution in [0, 0.1) is 18.8 Å². The third-order valence-corrected chi connectivity index (χ3v) is 4.24. The van der Waals surface area contributed by atoms with Crippen molar-refractivity contribution in [3.05, 3.63) is 23.8 Å². The molecule has 0 aromatic heterocycles. The van der Waals surface area contributed by atoms with Crippen molar-refractivity contribution in [1.82, 2.24) is 0 Å². The van der Waals surface area contributed by atoms with Gasteiger partial charge in [0.25, 0.3) is 0 Å². The first-order chi connectivity index (χ1) is 9.10. The van der Waals surface area contributed by atoms with E-state index in [0.717, 1.165) is 29.9 Å². The molecule has 2 rings (SSSR count). The van der Waals surface area contributed by atoms with E-state index in [1.807, 2.05) is 6.92 Å². The van der Waals surface area contributed by atoms with Gasteiger partial charge in [0.2, 0.25) is 0 Å². The fourth-order valence-corrected chi connectivity index (χ4v) is 2.96. The normalized spacial score (nSPS) is 27.1. The second-order valence-corrected chi connectivity index (χ2v) is 6.08. The molecule has 2 nitrogen and oxygen atoms in total. The Morgan fingerprint density at radius 1 is 1.26 bits per heavy atom. The first kappa shape index (κ1) is 14.2. The SMILES string of the molecule is CCOc1cc(C)ccc1NC1CC(C)CCC1C. The highest BCUT2D eigenvalue weighted by molar-refractivity contribution is 5.58. The van der Waals surface area contributed by atoms with Crippen LogP contribution in [0.1, 0.15) is 45.6 Å². The van der Waals surface area contributed by atoms with E-state index in [2.05, 4.69) is 44.3 Å². The van der Waals surface area contributed by atoms with Crippen molar-refractivity contribution in [3.63, 3.8) is 0 Å². The molecule has 19 heavy (non-hydrogen) atoms. The average molecular weight is 261 g/mol. The van der Waals surface area contributed by atoms with Crippen LogP contribution < -0.4 is 10.1 Å². The molecule has 1 saturated carbocycles. The van der Waals surface area contributed by atoms with Crippen LogP contribution in [0.2, 0.25) is 0 Å². The van der Waals surface area contributed by atoms with Gasteiger partial charge in [-0.3, -0.25) is 0 Å². The monoisotopic (exact) mass is 261 g/mol. The first-order valence-corrected chi connectivity index (χ1v) is 7.60. The van der Waals surface area contributed by atoms with Gasteiger partial charge in [0.1, 0.15) is 5.75 Å². The number of nitrogens with one attached hydrogen (secondary N) is 1. The van der Waals surface area contributed by atoms with Gasteiger partial charge >= 0.3 is 0 Å². The van der Waals surface area contributed by atoms with Crippen molar-refractivity contribution in [2.45, 2.75) is 53.0 Å². The lowest BCUT2D eigenvalue weighted by Gasteiger charge is -2.34. The number of benzene rings is 1. The minimum atomic E-state index is 0.575. The van der Waals surface area contributed by atoms with Gasteiger partial charge in [-0.1, -0.05) is 26.3 Å². The molecule has 1 aliphatic carbocycles. The standard InChI is InChI=1S/C17H27NO/c1-5-19-17-11-13(3)7-9-15(17)18-16-10-12(2)6-8-14(16)4/h7,9,11-12,14,16,18H,5-6,8,10H2,1-4H3. The molecule has 1 N–H and O–H groups in total. The molecule has 0 heterocycles. The summed E-state index contributed by atoms with van der Waals surface area (Å²) in [5, 5.41) is 3.72. The van der Waals surface area contributed by atoms with Crippen LogP contribution in [0.4, 0.5) is 5.69 Å². The van der Waals surface area contributed by atoms with E-state index in [1.165, 1.54) is 24.8 Å². The number of rotatable bonds is 4. The molecule has 0 saturated heterocycles. The van der Waals surface area contributed by atoms with Crippen LogP contribution in [0.25, 0.3) is 0 Å². The van der Waals surface area contributed by atoms with Crippen LogP contribution >= 0.6 is 0 Å². The third kappa shape index (κ3) is 3.65. The molecule has 106 valence electrons. The second kappa shape index (κ2) is 6.31. The van der Waals surface area contributed by atoms with Crippen molar-refractivity contribution in [2.75, 3.05) is 11.9 Å². The highest BCUT2D eigenvalue weighted by Crippen LogP contribution is 2.33. The summed E-state index contributed by atoms with van der Waals surface area (Å²) in [6, 6.07) is 7.02. The Morgan fingerprint density at radius 3 is 2.79 bits per heavy atom. The minimum absolute atomic E-state index is 0.575. The highest BCUT2D eigenvalue weighted by Gasteiger charge is 2.25. The summed E-state index contributed by atoms with van der Waals surface area (Å²) in [6.45, 7) is 9.58. The molecule has 0 spiro atoms. The Morgan fingerprint density at radius 2 is 2.05 bits per heavy atom. The quantitative estimate of drug-likeness (QED) is 0.853. The summed E-state index contributed by atoms with van der Waals surface area (Å²) in [4.78, 5) is 0. The molecule has 2 heteroatoms. The summed E-state index contributed by atoms with van der Waals surface area (Å²) in [5.74, 6) is 2.56. The Hall–Kier alpha value is -1.18. The first-order valence-electron chi connectivity index (χ1n) is 7.60. The number of hydrogen-bond donors (Lipinski definition) is 1. The summed E-state index contributed by atoms with van der Waals surface area (Å²) in [7, 11) is 0. The average Bonchev–Trinajstić information content (AvgIpc) is 2.37. The molecule has 0 radical (unpaired) electrons. The lowest BCUT2D eigenvalue weighted by molar-refractivity contribution is 0.279. The zero-order valence-corrected chi connectivity index (χ0v) is 12.7. The smallest absolute Gasteiger partial charge is 0.142 e. The van der Waals surface area contributed by atoms with E-state index in [4.69, 9.17) is 4.74 Å². The molecule has 3 atom stereocenters. The molecule has 0 bridgehead atoms. The second-order valence-electron chi connectivity index (χ2n) is 6.08. The Bertz CT molecular complexity index is 416. The largest absolute Gasteiger partial charge is 0.492 e. The summed E-state index contributed by atoms with van der Waals surface area (Å²) < 4.78 is 5.76. The van der Waals surface area contributed by atoms with Gasteiger partial charge < -0.3 is 10.1 Å². The Kier molecular flexibility index (Phi) is 4.73. The molecule has 0 amide bonds. The van der Waals surface area contributed by atoms with Gasteiger partial charge in [0.05, 0.1) is 12.3 Å². The van der Waals surface area contributed by atoms with Crippen LogP contribution in [0.5, 0.6) is 5.75 Å². The Labute approximate surface area is 117 Å². The molecular weight excluding hydrogens is 234 g/mol. The topological polar surface area (TPSA) is 21.3 Å². The number of hydrogen-bond acceptors (Lipinski definition) is 2. The highest BCUT2D eigenvalue weighted by atomic mass is 16.5. The predicted molar refractivity (Wildman–Crippen MR) is 81.9 cm³/mol. The zero-order chi connectivity index (χ0) is 13.8. The molecule has 1 aromatic rings. The third-order valence-electron chi connectivity index (χ3n) is 4.24. The lowest BCUT2D eigenvalue weighted by atomic mass is 9.80. The van der Waals surface area contributed by atoms with Crippen LogP contribution in [0.15, 0.2) is 18.2 Å². The number of ether oxygens (including phenoxy) is 1. The van der Waals surface area contributed by atoms with E-state index < -0.39 is 0 Å². The maximum Gasteiger partial charge on any atom is 0.142 e. The van der Waals surface area contributed by atoms with E-state index >= 15 is 0 Å². The van der Waals surface area contributed by atoms with E-state index in [0.29, 0.717) is 6.04 Å². The van der Waals surface area contributed by atoms with Crippen molar-refractivity contribution >= 4 is 5.69 Å². The zero-order valence-electron chi connectivity index (χ0n) is 12.7. The van der Waals surface area contributed by atoms with E-state index in [-0.39, 0.29) is 0 Å². The van der Waals surface area contributed by atoms with Gasteiger partial charge in [0, 0.05) is 6.04 Å². The molecule has 3 unspecified atom stereocenters. The fraction of sp³-hybridized carbons (Fsp3) is 0.647. The summed E-state index contributed by atoms with van der Waals surface area (Å²) in [6.07, 6.45) is 3.96. The number of anilines is 1. The molecule has 1 aromatic carbocycles. The summed E-state index contributed by atoms with van der Waals surface area (Å²) >= 11 is 0. The van der Waals surface area contributed by atoms with Gasteiger partial charge in [-0.15, -0.1) is 0 Å². The molecule has 1 aliphatic rings. The van der Waals surface area contributed by atoms with E-state index in [9.17, 15) is 0 Å². The van der Waals surface area contributed by atoms with Crippen molar-refractivity contribution in [3.8, 4) is 5.75 Å². The maximum absolute atomic E-state index is 5.76. The minimum Gasteiger partial charge on any atom is -0.492 e. The van der Waals surface area contributed by atoms with Crippen molar-refractivity contribution in [2.24, 2.45) is 11.8 Å². The van der Waals surface area contributed by atoms with Gasteiger partial charge in [-0.05, 0) is 56.2 Å². The van der Waals surface area contributed by atoms with Crippen LogP contribution in [0.3, 0.4) is 0 Å². The maximum atomic E-state index is 5.76. The van der Waals surface area contributed by atoms with Crippen LogP contribution in [-0.4, -0.2) is 12.6 Å². The fourth-order valence-electron chi connectivity index (χ4n) is 2.96. The summed E-state index contributed by atoms with van der Waals surface area (Å²) in [5.41, 5.74) is 2.40. The predicted octanol–water partition coefficient (Wildman–Crippen LogP) is 4.63. The lowest BCUT2D eigenvalue weighted by Crippen LogP contribution is -2.33. The van der Waals surface area contributed by atoms with Gasteiger partial charge in [-0.2, -0.15) is 0 Å². The molecule has 0 aliphatic heterocycles.